The lowest BCUT2D eigenvalue weighted by molar-refractivity contribution is -0.118. The lowest BCUT2D eigenvalue weighted by atomic mass is 10.1. The third-order valence-electron chi connectivity index (χ3n) is 5.13. The molecule has 1 fully saturated rings. The monoisotopic (exact) mass is 465 g/mol. The molecule has 2 amide bonds. The second-order valence-electron chi connectivity index (χ2n) is 7.04. The number of sulfonamides is 1. The van der Waals surface area contributed by atoms with Crippen LogP contribution in [0.3, 0.4) is 0 Å². The van der Waals surface area contributed by atoms with Crippen molar-refractivity contribution in [2.45, 2.75) is 4.90 Å². The Morgan fingerprint density at radius 1 is 1.16 bits per heavy atom. The molecule has 0 atom stereocenters. The van der Waals surface area contributed by atoms with Gasteiger partial charge in [-0.2, -0.15) is 4.31 Å². The summed E-state index contributed by atoms with van der Waals surface area (Å²) in [6.07, 6.45) is 0. The van der Waals surface area contributed by atoms with E-state index in [0.717, 1.165) is 0 Å². The molecule has 1 N–H and O–H groups in total. The van der Waals surface area contributed by atoms with E-state index in [4.69, 9.17) is 21.1 Å². The van der Waals surface area contributed by atoms with Gasteiger partial charge in [0.05, 0.1) is 17.8 Å². The standard InChI is InChI=1S/C20H20ClN3O6S/c1-29-14-4-2-3-13(9-14)20(26)23-5-7-24(8-6-23)31(27,28)18-11-17-16(10-15(18)21)22-19(25)12-30-17/h2-4,9-11H,5-8,12H2,1H3,(H,22,25). The van der Waals surface area contributed by atoms with Crippen LogP contribution in [-0.2, 0) is 14.8 Å². The largest absolute Gasteiger partial charge is 0.497 e. The van der Waals surface area contributed by atoms with E-state index in [1.54, 1.807) is 29.2 Å². The maximum Gasteiger partial charge on any atom is 0.262 e. The second-order valence-corrected chi connectivity index (χ2v) is 9.36. The fraction of sp³-hybridized carbons (Fsp3) is 0.300. The number of piperazine rings is 1. The molecular formula is C20H20ClN3O6S. The zero-order valence-corrected chi connectivity index (χ0v) is 18.2. The van der Waals surface area contributed by atoms with Gasteiger partial charge in [0, 0.05) is 37.8 Å². The van der Waals surface area contributed by atoms with Gasteiger partial charge in [0.2, 0.25) is 10.0 Å². The summed E-state index contributed by atoms with van der Waals surface area (Å²) in [7, 11) is -2.39. The van der Waals surface area contributed by atoms with Crippen molar-refractivity contribution in [2.24, 2.45) is 0 Å². The van der Waals surface area contributed by atoms with Crippen molar-refractivity contribution in [1.29, 1.82) is 0 Å². The summed E-state index contributed by atoms with van der Waals surface area (Å²) in [6.45, 7) is 0.542. The van der Waals surface area contributed by atoms with Gasteiger partial charge in [0.15, 0.2) is 6.61 Å². The lowest BCUT2D eigenvalue weighted by Gasteiger charge is -2.34. The van der Waals surface area contributed by atoms with Crippen LogP contribution in [0, 0.1) is 0 Å². The van der Waals surface area contributed by atoms with Crippen LogP contribution in [0.1, 0.15) is 10.4 Å². The smallest absolute Gasteiger partial charge is 0.262 e. The number of carbonyl (C=O) groups excluding carboxylic acids is 2. The van der Waals surface area contributed by atoms with Crippen LogP contribution in [0.15, 0.2) is 41.3 Å². The zero-order valence-electron chi connectivity index (χ0n) is 16.6. The molecule has 0 spiro atoms. The molecule has 0 aromatic heterocycles. The summed E-state index contributed by atoms with van der Waals surface area (Å²) in [5.74, 6) is 0.296. The van der Waals surface area contributed by atoms with Crippen LogP contribution in [0.4, 0.5) is 5.69 Å². The van der Waals surface area contributed by atoms with Crippen LogP contribution in [0.25, 0.3) is 0 Å². The predicted octanol–water partition coefficient (Wildman–Crippen LogP) is 1.83. The molecule has 2 heterocycles. The highest BCUT2D eigenvalue weighted by atomic mass is 35.5. The van der Waals surface area contributed by atoms with E-state index in [1.165, 1.54) is 23.5 Å². The number of fused-ring (bicyclic) bond motifs is 1. The van der Waals surface area contributed by atoms with E-state index in [-0.39, 0.29) is 60.3 Å². The number of carbonyl (C=O) groups is 2. The third-order valence-corrected chi connectivity index (χ3v) is 7.49. The van der Waals surface area contributed by atoms with Crippen molar-refractivity contribution in [1.82, 2.24) is 9.21 Å². The number of hydrogen-bond acceptors (Lipinski definition) is 6. The second kappa shape index (κ2) is 8.37. The summed E-state index contributed by atoms with van der Waals surface area (Å²) in [4.78, 5) is 25.7. The SMILES string of the molecule is COc1cccc(C(=O)N2CCN(S(=O)(=O)c3cc4c(cc3Cl)NC(=O)CO4)CC2)c1. The molecule has 0 saturated carbocycles. The topological polar surface area (TPSA) is 105 Å². The van der Waals surface area contributed by atoms with Gasteiger partial charge in [0.1, 0.15) is 16.4 Å². The Bertz CT molecular complexity index is 1150. The van der Waals surface area contributed by atoms with E-state index in [0.29, 0.717) is 17.0 Å². The minimum absolute atomic E-state index is 0.0144. The van der Waals surface area contributed by atoms with Crippen molar-refractivity contribution >= 4 is 39.1 Å². The normalized spacial score (nSPS) is 16.8. The quantitative estimate of drug-likeness (QED) is 0.738. The fourth-order valence-electron chi connectivity index (χ4n) is 3.49. The lowest BCUT2D eigenvalue weighted by Crippen LogP contribution is -2.50. The van der Waals surface area contributed by atoms with Gasteiger partial charge in [-0.05, 0) is 24.3 Å². The summed E-state index contributed by atoms with van der Waals surface area (Å²) >= 11 is 6.21. The first-order chi connectivity index (χ1) is 14.8. The van der Waals surface area contributed by atoms with Gasteiger partial charge >= 0.3 is 0 Å². The highest BCUT2D eigenvalue weighted by Crippen LogP contribution is 2.37. The van der Waals surface area contributed by atoms with Crippen molar-refractivity contribution in [3.05, 3.63) is 47.0 Å². The van der Waals surface area contributed by atoms with Crippen molar-refractivity contribution in [3.8, 4) is 11.5 Å². The summed E-state index contributed by atoms with van der Waals surface area (Å²) in [5.41, 5.74) is 0.807. The molecule has 2 aliphatic rings. The molecule has 4 rings (SSSR count). The summed E-state index contributed by atoms with van der Waals surface area (Å²) in [6, 6.07) is 9.51. The molecule has 164 valence electrons. The number of hydrogen-bond donors (Lipinski definition) is 1. The van der Waals surface area contributed by atoms with Crippen LogP contribution in [0.5, 0.6) is 11.5 Å². The molecule has 9 nitrogen and oxygen atoms in total. The van der Waals surface area contributed by atoms with Crippen molar-refractivity contribution < 1.29 is 27.5 Å². The van der Waals surface area contributed by atoms with Gasteiger partial charge in [-0.15, -0.1) is 0 Å². The fourth-order valence-corrected chi connectivity index (χ4v) is 5.43. The Labute approximate surface area is 184 Å². The summed E-state index contributed by atoms with van der Waals surface area (Å²) in [5, 5.41) is 2.58. The predicted molar refractivity (Wildman–Crippen MR) is 113 cm³/mol. The Hall–Kier alpha value is -2.82. The Morgan fingerprint density at radius 2 is 1.90 bits per heavy atom. The van der Waals surface area contributed by atoms with E-state index >= 15 is 0 Å². The number of rotatable bonds is 4. The molecule has 0 aliphatic carbocycles. The van der Waals surface area contributed by atoms with Crippen LogP contribution < -0.4 is 14.8 Å². The first-order valence-electron chi connectivity index (χ1n) is 9.49. The van der Waals surface area contributed by atoms with Gasteiger partial charge in [0.25, 0.3) is 11.8 Å². The van der Waals surface area contributed by atoms with Crippen LogP contribution in [0.2, 0.25) is 5.02 Å². The van der Waals surface area contributed by atoms with E-state index in [2.05, 4.69) is 5.32 Å². The average molecular weight is 466 g/mol. The highest BCUT2D eigenvalue weighted by Gasteiger charge is 2.33. The molecule has 2 aromatic carbocycles. The highest BCUT2D eigenvalue weighted by molar-refractivity contribution is 7.89. The first-order valence-corrected chi connectivity index (χ1v) is 11.3. The molecule has 1 saturated heterocycles. The maximum atomic E-state index is 13.2. The third kappa shape index (κ3) is 4.18. The van der Waals surface area contributed by atoms with Gasteiger partial charge in [-0.3, -0.25) is 9.59 Å². The van der Waals surface area contributed by atoms with Gasteiger partial charge in [-0.1, -0.05) is 17.7 Å². The van der Waals surface area contributed by atoms with E-state index in [9.17, 15) is 18.0 Å². The molecular weight excluding hydrogens is 446 g/mol. The summed E-state index contributed by atoms with van der Waals surface area (Å²) < 4.78 is 38.1. The maximum absolute atomic E-state index is 13.2. The number of ether oxygens (including phenoxy) is 2. The molecule has 2 aliphatic heterocycles. The van der Waals surface area contributed by atoms with Crippen molar-refractivity contribution in [3.63, 3.8) is 0 Å². The minimum Gasteiger partial charge on any atom is -0.497 e. The Balaban J connectivity index is 1.49. The number of nitrogens with zero attached hydrogens (tertiary/aromatic N) is 2. The van der Waals surface area contributed by atoms with E-state index in [1.807, 2.05) is 0 Å². The molecule has 2 aromatic rings. The molecule has 31 heavy (non-hydrogen) atoms. The number of benzene rings is 2. The van der Waals surface area contributed by atoms with Crippen LogP contribution in [-0.4, -0.2) is 69.3 Å². The molecule has 11 heteroatoms. The first kappa shape index (κ1) is 21.4. The van der Waals surface area contributed by atoms with E-state index < -0.39 is 10.0 Å². The van der Waals surface area contributed by atoms with Crippen LogP contribution >= 0.6 is 11.6 Å². The molecule has 0 bridgehead atoms. The zero-order chi connectivity index (χ0) is 22.2. The Kier molecular flexibility index (Phi) is 5.78. The average Bonchev–Trinajstić information content (AvgIpc) is 2.78. The molecule has 0 radical (unpaired) electrons. The molecule has 0 unspecified atom stereocenters. The number of nitrogens with one attached hydrogen (secondary N) is 1. The Morgan fingerprint density at radius 3 is 2.61 bits per heavy atom. The van der Waals surface area contributed by atoms with Gasteiger partial charge in [-0.25, -0.2) is 8.42 Å². The van der Waals surface area contributed by atoms with Gasteiger partial charge < -0.3 is 19.7 Å². The van der Waals surface area contributed by atoms with Crippen molar-refractivity contribution in [2.75, 3.05) is 45.2 Å². The number of amides is 2. The minimum atomic E-state index is -3.91. The number of methoxy groups -OCH3 is 1. The number of anilines is 1. The number of halogens is 1.